The molecule has 0 fully saturated rings. The summed E-state index contributed by atoms with van der Waals surface area (Å²) in [5, 5.41) is 3.34. The third kappa shape index (κ3) is 5.96. The number of amides is 2. The van der Waals surface area contributed by atoms with E-state index in [0.717, 1.165) is 10.5 Å². The summed E-state index contributed by atoms with van der Waals surface area (Å²) in [5.41, 5.74) is 11.5. The van der Waals surface area contributed by atoms with Crippen molar-refractivity contribution in [1.82, 2.24) is 4.98 Å². The molecular formula is C19H28N4O4S. The topological polar surface area (TPSA) is 130 Å². The van der Waals surface area contributed by atoms with Gasteiger partial charge in [-0.1, -0.05) is 17.7 Å². The molecule has 28 heavy (non-hydrogen) atoms. The molecule has 0 spiro atoms. The number of nitrogens with two attached hydrogens (primary N) is 2. The third-order valence-corrected chi connectivity index (χ3v) is 5.34. The predicted octanol–water partition coefficient (Wildman–Crippen LogP) is 1.52. The Morgan fingerprint density at radius 2 is 1.96 bits per heavy atom. The van der Waals surface area contributed by atoms with Crippen LogP contribution in [0.2, 0.25) is 0 Å². The third-order valence-electron chi connectivity index (χ3n) is 4.51. The number of carbonyl (C=O) groups excluding carboxylic acids is 2. The summed E-state index contributed by atoms with van der Waals surface area (Å²) in [7, 11) is 0. The Morgan fingerprint density at radius 3 is 2.54 bits per heavy atom. The van der Waals surface area contributed by atoms with E-state index in [0.29, 0.717) is 56.5 Å². The molecule has 1 aliphatic rings. The number of hydrogen-bond acceptors (Lipinski definition) is 7. The first kappa shape index (κ1) is 22.2. The molecule has 2 amide bonds. The maximum Gasteiger partial charge on any atom is 0.257 e. The van der Waals surface area contributed by atoms with Crippen LogP contribution in [0.25, 0.3) is 0 Å². The number of primary amides is 1. The number of rotatable bonds is 11. The number of nitrogens with one attached hydrogen (secondary N) is 1. The molecule has 0 saturated carbocycles. The summed E-state index contributed by atoms with van der Waals surface area (Å²) in [6.07, 6.45) is 5.92. The molecule has 1 aliphatic carbocycles. The van der Waals surface area contributed by atoms with E-state index in [2.05, 4.69) is 10.3 Å². The fourth-order valence-electron chi connectivity index (χ4n) is 2.98. The van der Waals surface area contributed by atoms with Crippen LogP contribution >= 0.6 is 11.3 Å². The zero-order valence-electron chi connectivity index (χ0n) is 16.3. The molecule has 154 valence electrons. The first-order valence-corrected chi connectivity index (χ1v) is 9.98. The fourth-order valence-corrected chi connectivity index (χ4v) is 3.64. The number of ether oxygens (including phenoxy) is 2. The minimum Gasteiger partial charge on any atom is -0.379 e. The standard InChI is InChI=1S/C19H28N4O4S/c1-13-11-19(17(21)25,5-7-26-9-10-27-8-6-20)4-3-15(13)16(24)23-18-22-12-14(2)28-18/h3-4,12H,5-11,20H2,1-2H3,(H2,21,25)(H,22,23,24). The van der Waals surface area contributed by atoms with Gasteiger partial charge in [0, 0.05) is 29.8 Å². The first-order valence-electron chi connectivity index (χ1n) is 9.16. The second kappa shape index (κ2) is 10.5. The molecule has 0 aromatic carbocycles. The molecule has 1 heterocycles. The second-order valence-electron chi connectivity index (χ2n) is 6.72. The van der Waals surface area contributed by atoms with E-state index in [9.17, 15) is 9.59 Å². The summed E-state index contributed by atoms with van der Waals surface area (Å²) in [5.74, 6) is -0.671. The summed E-state index contributed by atoms with van der Waals surface area (Å²) < 4.78 is 10.8. The van der Waals surface area contributed by atoms with Gasteiger partial charge in [-0.2, -0.15) is 0 Å². The molecule has 1 aromatic heterocycles. The summed E-state index contributed by atoms with van der Waals surface area (Å²) >= 11 is 1.41. The van der Waals surface area contributed by atoms with Crippen molar-refractivity contribution in [1.29, 1.82) is 0 Å². The Bertz CT molecular complexity index is 759. The highest BCUT2D eigenvalue weighted by molar-refractivity contribution is 7.15. The van der Waals surface area contributed by atoms with E-state index in [4.69, 9.17) is 20.9 Å². The van der Waals surface area contributed by atoms with Crippen molar-refractivity contribution in [3.05, 3.63) is 34.4 Å². The van der Waals surface area contributed by atoms with Gasteiger partial charge in [0.15, 0.2) is 5.13 Å². The van der Waals surface area contributed by atoms with E-state index in [-0.39, 0.29) is 5.91 Å². The van der Waals surface area contributed by atoms with Crippen LogP contribution in [0.1, 0.15) is 24.6 Å². The largest absolute Gasteiger partial charge is 0.379 e. The minimum absolute atomic E-state index is 0.241. The number of nitrogens with zero attached hydrogens (tertiary/aromatic N) is 1. The summed E-state index contributed by atoms with van der Waals surface area (Å²) in [6.45, 7) is 5.97. The average molecular weight is 409 g/mol. The number of carbonyl (C=O) groups is 2. The Balaban J connectivity index is 1.93. The molecule has 8 nitrogen and oxygen atoms in total. The van der Waals surface area contributed by atoms with Gasteiger partial charge in [0.2, 0.25) is 5.91 Å². The zero-order chi connectivity index (χ0) is 20.6. The molecule has 0 bridgehead atoms. The van der Waals surface area contributed by atoms with E-state index in [1.807, 2.05) is 13.8 Å². The lowest BCUT2D eigenvalue weighted by Gasteiger charge is -2.31. The molecular weight excluding hydrogens is 380 g/mol. The predicted molar refractivity (Wildman–Crippen MR) is 109 cm³/mol. The lowest BCUT2D eigenvalue weighted by molar-refractivity contribution is -0.126. The van der Waals surface area contributed by atoms with E-state index in [1.165, 1.54) is 11.3 Å². The highest BCUT2D eigenvalue weighted by Gasteiger charge is 2.37. The summed E-state index contributed by atoms with van der Waals surface area (Å²) in [4.78, 5) is 29.8. The summed E-state index contributed by atoms with van der Waals surface area (Å²) in [6, 6.07) is 0. The number of allylic oxidation sites excluding steroid dienone is 1. The van der Waals surface area contributed by atoms with E-state index in [1.54, 1.807) is 18.3 Å². The van der Waals surface area contributed by atoms with Gasteiger partial charge in [-0.15, -0.1) is 11.3 Å². The van der Waals surface area contributed by atoms with Gasteiger partial charge in [-0.3, -0.25) is 14.9 Å². The molecule has 1 aromatic rings. The Hall–Kier alpha value is -2.07. The molecule has 0 aliphatic heterocycles. The maximum atomic E-state index is 12.5. The molecule has 0 saturated heterocycles. The van der Waals surface area contributed by atoms with Gasteiger partial charge >= 0.3 is 0 Å². The lowest BCUT2D eigenvalue weighted by atomic mass is 9.73. The van der Waals surface area contributed by atoms with Crippen LogP contribution in [-0.4, -0.2) is 49.8 Å². The number of aryl methyl sites for hydroxylation is 1. The number of hydrogen-bond donors (Lipinski definition) is 3. The molecule has 5 N–H and O–H groups in total. The Morgan fingerprint density at radius 1 is 1.25 bits per heavy atom. The number of thiazole rings is 1. The zero-order valence-corrected chi connectivity index (χ0v) is 17.1. The Labute approximate surface area is 169 Å². The van der Waals surface area contributed by atoms with Gasteiger partial charge < -0.3 is 20.9 Å². The molecule has 9 heteroatoms. The fraction of sp³-hybridized carbons (Fsp3) is 0.526. The second-order valence-corrected chi connectivity index (χ2v) is 7.95. The van der Waals surface area contributed by atoms with Gasteiger partial charge in [0.25, 0.3) is 5.91 Å². The monoisotopic (exact) mass is 408 g/mol. The van der Waals surface area contributed by atoms with Crippen LogP contribution in [0.4, 0.5) is 5.13 Å². The van der Waals surface area contributed by atoms with Crippen LogP contribution < -0.4 is 16.8 Å². The van der Waals surface area contributed by atoms with Gasteiger partial charge in [0.05, 0.1) is 25.2 Å². The van der Waals surface area contributed by atoms with Crippen molar-refractivity contribution < 1.29 is 19.1 Å². The van der Waals surface area contributed by atoms with Crippen molar-refractivity contribution in [3.8, 4) is 0 Å². The van der Waals surface area contributed by atoms with Crippen molar-refractivity contribution in [2.24, 2.45) is 16.9 Å². The van der Waals surface area contributed by atoms with Gasteiger partial charge in [-0.25, -0.2) is 4.98 Å². The number of aromatic nitrogens is 1. The van der Waals surface area contributed by atoms with Crippen LogP contribution in [0, 0.1) is 12.3 Å². The van der Waals surface area contributed by atoms with Crippen molar-refractivity contribution in [2.75, 3.05) is 38.3 Å². The maximum absolute atomic E-state index is 12.5. The average Bonchev–Trinajstić information content (AvgIpc) is 3.05. The highest BCUT2D eigenvalue weighted by atomic mass is 32.1. The normalized spacial score (nSPS) is 19.1. The van der Waals surface area contributed by atoms with Crippen LogP contribution in [0.15, 0.2) is 29.5 Å². The van der Waals surface area contributed by atoms with Crippen molar-refractivity contribution >= 4 is 28.3 Å². The van der Waals surface area contributed by atoms with Crippen molar-refractivity contribution in [2.45, 2.75) is 26.7 Å². The molecule has 2 rings (SSSR count). The highest BCUT2D eigenvalue weighted by Crippen LogP contribution is 2.37. The van der Waals surface area contributed by atoms with Crippen molar-refractivity contribution in [3.63, 3.8) is 0 Å². The van der Waals surface area contributed by atoms with Gasteiger partial charge in [-0.05, 0) is 26.7 Å². The SMILES string of the molecule is CC1=C(C(=O)Nc2ncc(C)s2)C=CC(CCOCCOCCN)(C(N)=O)C1. The van der Waals surface area contributed by atoms with Crippen LogP contribution in [-0.2, 0) is 19.1 Å². The van der Waals surface area contributed by atoms with Crippen LogP contribution in [0.3, 0.4) is 0 Å². The quantitative estimate of drug-likeness (QED) is 0.476. The number of anilines is 1. The van der Waals surface area contributed by atoms with E-state index >= 15 is 0 Å². The van der Waals surface area contributed by atoms with E-state index < -0.39 is 11.3 Å². The van der Waals surface area contributed by atoms with Gasteiger partial charge in [0.1, 0.15) is 0 Å². The molecule has 1 atom stereocenters. The molecule has 1 unspecified atom stereocenters. The minimum atomic E-state index is -0.857. The molecule has 0 radical (unpaired) electrons. The smallest absolute Gasteiger partial charge is 0.257 e. The van der Waals surface area contributed by atoms with Crippen LogP contribution in [0.5, 0.6) is 0 Å². The first-order chi connectivity index (χ1) is 13.4. The Kier molecular flexibility index (Phi) is 8.31. The lowest BCUT2D eigenvalue weighted by Crippen LogP contribution is -2.38.